The lowest BCUT2D eigenvalue weighted by Gasteiger charge is -2.25. The van der Waals surface area contributed by atoms with Gasteiger partial charge in [0, 0.05) is 6.54 Å². The summed E-state index contributed by atoms with van der Waals surface area (Å²) in [5, 5.41) is 27.7. The molecule has 8 heteroatoms. The number of aliphatic hydroxyl groups is 1. The maximum Gasteiger partial charge on any atom is 0.408 e. The number of nitrogens with zero attached hydrogens (tertiary/aromatic N) is 3. The van der Waals surface area contributed by atoms with Gasteiger partial charge in [-0.3, -0.25) is 4.90 Å². The van der Waals surface area contributed by atoms with Crippen LogP contribution in [-0.4, -0.2) is 32.8 Å². The summed E-state index contributed by atoms with van der Waals surface area (Å²) in [5.41, 5.74) is 6.07. The molecule has 0 aliphatic carbocycles. The molecule has 1 amide bonds. The van der Waals surface area contributed by atoms with Crippen molar-refractivity contribution in [1.82, 2.24) is 9.88 Å². The van der Waals surface area contributed by atoms with E-state index < -0.39 is 18.7 Å². The predicted molar refractivity (Wildman–Crippen MR) is 75.5 cm³/mol. The largest absolute Gasteiger partial charge is 0.465 e. The fourth-order valence-electron chi connectivity index (χ4n) is 1.97. The molecule has 0 aliphatic heterocycles. The molecule has 0 saturated carbocycles. The zero-order valence-electron chi connectivity index (χ0n) is 11.5. The van der Waals surface area contributed by atoms with Crippen LogP contribution in [0.5, 0.6) is 0 Å². The van der Waals surface area contributed by atoms with Gasteiger partial charge in [0.2, 0.25) is 17.5 Å². The highest BCUT2D eigenvalue weighted by Crippen LogP contribution is 2.25. The number of anilines is 1. The quantitative estimate of drug-likeness (QED) is 0.757. The molecule has 0 aliphatic rings. The van der Waals surface area contributed by atoms with Crippen molar-refractivity contribution in [2.24, 2.45) is 0 Å². The van der Waals surface area contributed by atoms with E-state index in [1.54, 1.807) is 30.3 Å². The van der Waals surface area contributed by atoms with Crippen LogP contribution in [0.25, 0.3) is 0 Å². The summed E-state index contributed by atoms with van der Waals surface area (Å²) < 4.78 is 5.11. The molecule has 4 N–H and O–H groups in total. The molecular weight excluding hydrogens is 288 g/mol. The van der Waals surface area contributed by atoms with Gasteiger partial charge in [0.1, 0.15) is 12.1 Å². The summed E-state index contributed by atoms with van der Waals surface area (Å²) in [6.45, 7) is -0.518. The second-order valence-electron chi connectivity index (χ2n) is 4.47. The molecule has 1 aromatic carbocycles. The fourth-order valence-corrected chi connectivity index (χ4v) is 1.97. The van der Waals surface area contributed by atoms with Crippen LogP contribution < -0.4 is 5.73 Å². The number of oxazole rings is 1. The highest BCUT2D eigenvalue weighted by atomic mass is 16.4. The minimum atomic E-state index is -1.25. The SMILES string of the molecule is N#Cc1nc(C(CO)N(Cc2ccccc2)C(=O)O)oc1N. The van der Waals surface area contributed by atoms with Crippen LogP contribution in [0.4, 0.5) is 10.7 Å². The number of nitriles is 1. The molecule has 0 saturated heterocycles. The van der Waals surface area contributed by atoms with Crippen LogP contribution in [0.2, 0.25) is 0 Å². The van der Waals surface area contributed by atoms with Gasteiger partial charge in [-0.05, 0) is 5.56 Å². The number of hydrogen-bond donors (Lipinski definition) is 3. The van der Waals surface area contributed by atoms with Gasteiger partial charge < -0.3 is 20.4 Å². The lowest BCUT2D eigenvalue weighted by Crippen LogP contribution is -2.35. The first kappa shape index (κ1) is 15.3. The van der Waals surface area contributed by atoms with Crippen molar-refractivity contribution in [3.05, 3.63) is 47.5 Å². The zero-order chi connectivity index (χ0) is 16.1. The summed E-state index contributed by atoms with van der Waals surface area (Å²) >= 11 is 0. The lowest BCUT2D eigenvalue weighted by molar-refractivity contribution is 0.0819. The maximum atomic E-state index is 11.5. The standard InChI is InChI=1S/C14H14N4O4/c15-6-10-12(16)22-13(17-10)11(8-19)18(14(20)21)7-9-4-2-1-3-5-9/h1-5,11,19H,7-8,16H2,(H,20,21). The van der Waals surface area contributed by atoms with E-state index in [4.69, 9.17) is 15.4 Å². The number of rotatable bonds is 5. The third-order valence-corrected chi connectivity index (χ3v) is 3.05. The number of nitrogen functional groups attached to an aromatic ring is 1. The Labute approximate surface area is 126 Å². The third-order valence-electron chi connectivity index (χ3n) is 3.05. The highest BCUT2D eigenvalue weighted by molar-refractivity contribution is 5.65. The van der Waals surface area contributed by atoms with Crippen molar-refractivity contribution in [2.75, 3.05) is 12.3 Å². The van der Waals surface area contributed by atoms with Crippen LogP contribution in [0, 0.1) is 11.3 Å². The van der Waals surface area contributed by atoms with Gasteiger partial charge in [0.05, 0.1) is 6.61 Å². The smallest absolute Gasteiger partial charge is 0.408 e. The van der Waals surface area contributed by atoms with Crippen LogP contribution in [0.15, 0.2) is 34.7 Å². The molecule has 1 heterocycles. The van der Waals surface area contributed by atoms with E-state index in [0.717, 1.165) is 10.5 Å². The minimum absolute atomic E-state index is 0.0333. The predicted octanol–water partition coefficient (Wildman–Crippen LogP) is 1.34. The van der Waals surface area contributed by atoms with Gasteiger partial charge in [-0.1, -0.05) is 30.3 Å². The molecule has 0 radical (unpaired) electrons. The first-order valence-corrected chi connectivity index (χ1v) is 6.37. The van der Waals surface area contributed by atoms with Crippen molar-refractivity contribution in [3.63, 3.8) is 0 Å². The summed E-state index contributed by atoms with van der Waals surface area (Å²) in [7, 11) is 0. The fraction of sp³-hybridized carbons (Fsp3) is 0.214. The Morgan fingerprint density at radius 3 is 2.64 bits per heavy atom. The molecule has 22 heavy (non-hydrogen) atoms. The Morgan fingerprint density at radius 1 is 1.45 bits per heavy atom. The summed E-state index contributed by atoms with van der Waals surface area (Å²) in [6, 6.07) is 9.57. The van der Waals surface area contributed by atoms with Crippen molar-refractivity contribution in [3.8, 4) is 6.07 Å². The molecule has 0 spiro atoms. The van der Waals surface area contributed by atoms with E-state index in [0.29, 0.717) is 0 Å². The topological polar surface area (TPSA) is 137 Å². The second-order valence-corrected chi connectivity index (χ2v) is 4.47. The average Bonchev–Trinajstić information content (AvgIpc) is 2.88. The van der Waals surface area contributed by atoms with Crippen molar-refractivity contribution >= 4 is 12.0 Å². The van der Waals surface area contributed by atoms with Crippen LogP contribution in [0.3, 0.4) is 0 Å². The maximum absolute atomic E-state index is 11.5. The normalized spacial score (nSPS) is 11.6. The molecule has 8 nitrogen and oxygen atoms in total. The number of carbonyl (C=O) groups is 1. The molecule has 2 aromatic rings. The van der Waals surface area contributed by atoms with Gasteiger partial charge >= 0.3 is 6.09 Å². The average molecular weight is 302 g/mol. The molecule has 1 aromatic heterocycles. The highest BCUT2D eigenvalue weighted by Gasteiger charge is 2.29. The molecular formula is C14H14N4O4. The third kappa shape index (κ3) is 3.16. The Bertz CT molecular complexity index is 693. The van der Waals surface area contributed by atoms with E-state index in [2.05, 4.69) is 4.98 Å². The van der Waals surface area contributed by atoms with Gasteiger partial charge in [0.15, 0.2) is 0 Å². The molecule has 2 rings (SSSR count). The summed E-state index contributed by atoms with van der Waals surface area (Å²) in [6.07, 6.45) is -1.25. The Hall–Kier alpha value is -3.05. The van der Waals surface area contributed by atoms with E-state index in [9.17, 15) is 15.0 Å². The first-order chi connectivity index (χ1) is 10.6. The number of nitrogens with two attached hydrogens (primary N) is 1. The van der Waals surface area contributed by atoms with E-state index >= 15 is 0 Å². The molecule has 114 valence electrons. The molecule has 0 bridgehead atoms. The summed E-state index contributed by atoms with van der Waals surface area (Å²) in [5.74, 6) is -0.323. The lowest BCUT2D eigenvalue weighted by atomic mass is 10.2. The number of hydrogen-bond acceptors (Lipinski definition) is 6. The Balaban J connectivity index is 2.32. The van der Waals surface area contributed by atoms with Gasteiger partial charge in [-0.25, -0.2) is 4.79 Å². The minimum Gasteiger partial charge on any atom is -0.465 e. The van der Waals surface area contributed by atoms with Gasteiger partial charge in [-0.2, -0.15) is 10.2 Å². The van der Waals surface area contributed by atoms with E-state index in [1.807, 2.05) is 6.07 Å². The van der Waals surface area contributed by atoms with Crippen LogP contribution in [-0.2, 0) is 6.54 Å². The van der Waals surface area contributed by atoms with Crippen molar-refractivity contribution in [2.45, 2.75) is 12.6 Å². The van der Waals surface area contributed by atoms with Gasteiger partial charge in [-0.15, -0.1) is 0 Å². The van der Waals surface area contributed by atoms with Gasteiger partial charge in [0.25, 0.3) is 0 Å². The first-order valence-electron chi connectivity index (χ1n) is 6.37. The monoisotopic (exact) mass is 302 g/mol. The van der Waals surface area contributed by atoms with Crippen LogP contribution >= 0.6 is 0 Å². The van der Waals surface area contributed by atoms with Crippen molar-refractivity contribution in [1.29, 1.82) is 5.26 Å². The number of amides is 1. The molecule has 1 atom stereocenters. The Kier molecular flexibility index (Phi) is 4.60. The second kappa shape index (κ2) is 6.60. The number of aromatic nitrogens is 1. The number of aliphatic hydroxyl groups excluding tert-OH is 1. The van der Waals surface area contributed by atoms with Crippen molar-refractivity contribution < 1.29 is 19.4 Å². The number of benzene rings is 1. The Morgan fingerprint density at radius 2 is 2.14 bits per heavy atom. The molecule has 1 unspecified atom stereocenters. The summed E-state index contributed by atoms with van der Waals surface area (Å²) in [4.78, 5) is 16.3. The van der Waals surface area contributed by atoms with E-state index in [-0.39, 0.29) is 24.0 Å². The van der Waals surface area contributed by atoms with Crippen LogP contribution in [0.1, 0.15) is 23.2 Å². The number of carboxylic acid groups (broad SMARTS) is 1. The molecule has 0 fully saturated rings. The zero-order valence-corrected chi connectivity index (χ0v) is 11.5. The van der Waals surface area contributed by atoms with E-state index in [1.165, 1.54) is 0 Å².